The lowest BCUT2D eigenvalue weighted by molar-refractivity contribution is 0.415. The molecule has 0 spiro atoms. The van der Waals surface area contributed by atoms with Crippen molar-refractivity contribution in [2.75, 3.05) is 14.2 Å². The van der Waals surface area contributed by atoms with E-state index in [2.05, 4.69) is 36.2 Å². The molecule has 4 rings (SSSR count). The van der Waals surface area contributed by atoms with Crippen molar-refractivity contribution in [3.63, 3.8) is 0 Å². The fraction of sp³-hybridized carbons (Fsp3) is 0.111. The summed E-state index contributed by atoms with van der Waals surface area (Å²) >= 11 is 10.0. The molecule has 2 aromatic rings. The van der Waals surface area contributed by atoms with Crippen molar-refractivity contribution in [2.24, 2.45) is 0 Å². The Morgan fingerprint density at radius 3 is 1.85 bits per heavy atom. The van der Waals surface area contributed by atoms with Crippen molar-refractivity contribution in [2.45, 2.75) is 0 Å². The molecule has 0 saturated carbocycles. The molecule has 0 N–H and O–H groups in total. The molecular weight excluding hydrogens is 438 g/mol. The average molecular weight is 457 g/mol. The molecule has 2 aliphatic heterocycles. The van der Waals surface area contributed by atoms with Crippen LogP contribution in [0.25, 0.3) is 0 Å². The van der Waals surface area contributed by atoms with Crippen LogP contribution >= 0.6 is 58.3 Å². The molecule has 8 heteroatoms. The van der Waals surface area contributed by atoms with E-state index in [1.807, 2.05) is 45.1 Å². The number of fused-ring (bicyclic) bond motifs is 1. The maximum Gasteiger partial charge on any atom is 0.118 e. The number of benzene rings is 2. The lowest BCUT2D eigenvalue weighted by Crippen LogP contribution is -2.14. The first-order chi connectivity index (χ1) is 12.6. The first kappa shape index (κ1) is 19.1. The van der Waals surface area contributed by atoms with Gasteiger partial charge in [-0.15, -0.1) is 25.3 Å². The number of rotatable bonds is 4. The first-order valence-electron chi connectivity index (χ1n) is 7.84. The third-order valence-electron chi connectivity index (χ3n) is 4.49. The molecule has 0 radical (unpaired) electrons. The molecule has 2 bridgehead atoms. The normalized spacial score (nSPS) is 26.9. The lowest BCUT2D eigenvalue weighted by Gasteiger charge is -2.27. The topological polar surface area (TPSA) is 18.5 Å². The van der Waals surface area contributed by atoms with Gasteiger partial charge in [0, 0.05) is 21.2 Å². The predicted molar refractivity (Wildman–Crippen MR) is 131 cm³/mol. The van der Waals surface area contributed by atoms with E-state index >= 15 is 0 Å². The summed E-state index contributed by atoms with van der Waals surface area (Å²) in [5.41, 5.74) is 0. The van der Waals surface area contributed by atoms with E-state index in [0.29, 0.717) is 0 Å². The van der Waals surface area contributed by atoms with Crippen LogP contribution in [0.3, 0.4) is 0 Å². The minimum absolute atomic E-state index is 0.869. The molecule has 2 aromatic carbocycles. The summed E-state index contributed by atoms with van der Waals surface area (Å²) in [4.78, 5) is 0. The minimum atomic E-state index is -1.79. The highest BCUT2D eigenvalue weighted by atomic mass is 33.5. The van der Waals surface area contributed by atoms with Crippen LogP contribution in [0.5, 0.6) is 11.5 Å². The van der Waals surface area contributed by atoms with Gasteiger partial charge in [0.25, 0.3) is 0 Å². The van der Waals surface area contributed by atoms with Gasteiger partial charge in [0.1, 0.15) is 11.5 Å². The molecule has 0 amide bonds. The largest absolute Gasteiger partial charge is 0.497 e. The molecular formula is C18H18O2P2S4. The second-order valence-corrected chi connectivity index (χ2v) is 20.6. The minimum Gasteiger partial charge on any atom is -0.497 e. The van der Waals surface area contributed by atoms with Crippen LogP contribution in [-0.2, 0) is 0 Å². The molecule has 2 nitrogen and oxygen atoms in total. The smallest absolute Gasteiger partial charge is 0.118 e. The molecule has 0 saturated heterocycles. The second-order valence-electron chi connectivity index (χ2n) is 5.79. The summed E-state index contributed by atoms with van der Waals surface area (Å²) in [7, 11) is 7.33. The predicted octanol–water partition coefficient (Wildman–Crippen LogP) is 5.52. The Morgan fingerprint density at radius 1 is 0.769 bits per heavy atom. The van der Waals surface area contributed by atoms with E-state index < -0.39 is 12.2 Å². The van der Waals surface area contributed by atoms with E-state index in [9.17, 15) is 0 Å². The van der Waals surface area contributed by atoms with Crippen LogP contribution in [0.15, 0.2) is 60.4 Å². The SMILES string of the molecule is COc1ccc(P23=C(S)P(c4ccc(OC)cc4)(=C(S)C=C2)SS3)cc1. The van der Waals surface area contributed by atoms with Gasteiger partial charge in [-0.05, 0) is 71.0 Å². The summed E-state index contributed by atoms with van der Waals surface area (Å²) in [6, 6.07) is 16.8. The third-order valence-corrected chi connectivity index (χ3v) is 27.8. The van der Waals surface area contributed by atoms with Gasteiger partial charge in [-0.25, -0.2) is 0 Å². The molecule has 0 fully saturated rings. The second kappa shape index (κ2) is 7.31. The fourth-order valence-corrected chi connectivity index (χ4v) is 33.7. The highest BCUT2D eigenvalue weighted by molar-refractivity contribution is 9.24. The fourth-order valence-electron chi connectivity index (χ4n) is 3.02. The summed E-state index contributed by atoms with van der Waals surface area (Å²) in [5, 5.41) is 2.62. The van der Waals surface area contributed by atoms with Crippen LogP contribution in [0, 0.1) is 0 Å². The Hall–Kier alpha value is -0.220. The summed E-state index contributed by atoms with van der Waals surface area (Å²) in [6.07, 6.45) is -1.27. The first-order valence-corrected chi connectivity index (χ1v) is 15.7. The molecule has 0 aliphatic carbocycles. The molecule has 2 unspecified atom stereocenters. The van der Waals surface area contributed by atoms with Gasteiger partial charge in [0.2, 0.25) is 0 Å². The van der Waals surface area contributed by atoms with Gasteiger partial charge in [0.15, 0.2) is 0 Å². The van der Waals surface area contributed by atoms with E-state index in [-0.39, 0.29) is 0 Å². The number of ether oxygens (including phenoxy) is 2. The third kappa shape index (κ3) is 2.77. The number of hydrogen-bond donors (Lipinski definition) is 2. The molecule has 26 heavy (non-hydrogen) atoms. The Bertz CT molecular complexity index is 995. The highest BCUT2D eigenvalue weighted by Gasteiger charge is 2.44. The standard InChI is InChI=1S/C18H18O2P2S4/c1-19-13-3-7-15(8-4-13)21-12-11-17(23)22(18(21)24,26-25-21)16-9-5-14(20-2)6-10-16/h3-12,23-24H,1-2H3. The molecule has 2 heterocycles. The summed E-state index contributed by atoms with van der Waals surface area (Å²) < 4.78 is 13.1. The van der Waals surface area contributed by atoms with Gasteiger partial charge in [-0.3, -0.25) is 0 Å². The summed E-state index contributed by atoms with van der Waals surface area (Å²) in [5.74, 6) is 4.09. The van der Waals surface area contributed by atoms with Crippen molar-refractivity contribution < 1.29 is 9.47 Å². The van der Waals surface area contributed by atoms with E-state index in [4.69, 9.17) is 34.7 Å². The maximum atomic E-state index is 5.33. The highest BCUT2D eigenvalue weighted by Crippen LogP contribution is 2.90. The average Bonchev–Trinajstić information content (AvgIpc) is 2.90. The molecule has 0 aromatic heterocycles. The van der Waals surface area contributed by atoms with Crippen molar-refractivity contribution in [1.29, 1.82) is 0 Å². The molecule has 2 aliphatic rings. The van der Waals surface area contributed by atoms with Crippen LogP contribution < -0.4 is 20.1 Å². The van der Waals surface area contributed by atoms with Crippen molar-refractivity contribution in [3.05, 3.63) is 60.4 Å². The van der Waals surface area contributed by atoms with Gasteiger partial charge in [-0.2, -0.15) is 0 Å². The number of thiol groups is 2. The molecule has 2 atom stereocenters. The zero-order valence-corrected chi connectivity index (χ0v) is 19.4. The van der Waals surface area contributed by atoms with Crippen molar-refractivity contribution in [1.82, 2.24) is 0 Å². The Kier molecular flexibility index (Phi) is 5.37. The van der Waals surface area contributed by atoms with Crippen LogP contribution in [0.4, 0.5) is 0 Å². The molecule has 136 valence electrons. The van der Waals surface area contributed by atoms with Crippen molar-refractivity contribution in [3.8, 4) is 11.5 Å². The Balaban J connectivity index is 1.93. The number of methoxy groups -OCH3 is 2. The van der Waals surface area contributed by atoms with Gasteiger partial charge in [-0.1, -0.05) is 20.8 Å². The lowest BCUT2D eigenvalue weighted by atomic mass is 10.3. The quantitative estimate of drug-likeness (QED) is 0.358. The van der Waals surface area contributed by atoms with Gasteiger partial charge in [0.05, 0.1) is 14.2 Å². The van der Waals surface area contributed by atoms with E-state index in [1.54, 1.807) is 14.2 Å². The van der Waals surface area contributed by atoms with Crippen molar-refractivity contribution >= 4 is 77.9 Å². The van der Waals surface area contributed by atoms with Gasteiger partial charge >= 0.3 is 0 Å². The van der Waals surface area contributed by atoms with Gasteiger partial charge < -0.3 is 9.47 Å². The van der Waals surface area contributed by atoms with E-state index in [1.165, 1.54) is 15.0 Å². The zero-order chi connectivity index (χ0) is 18.4. The zero-order valence-electron chi connectivity index (χ0n) is 14.2. The number of hydrogen-bond acceptors (Lipinski definition) is 4. The monoisotopic (exact) mass is 456 g/mol. The maximum absolute atomic E-state index is 5.33. The van der Waals surface area contributed by atoms with E-state index in [0.717, 1.165) is 16.1 Å². The van der Waals surface area contributed by atoms with Crippen LogP contribution in [-0.4, -0.2) is 23.2 Å². The summed E-state index contributed by atoms with van der Waals surface area (Å²) in [6.45, 7) is 0. The van der Waals surface area contributed by atoms with Crippen LogP contribution in [0.2, 0.25) is 0 Å². The Labute approximate surface area is 172 Å². The van der Waals surface area contributed by atoms with Crippen LogP contribution in [0.1, 0.15) is 0 Å². The Morgan fingerprint density at radius 2 is 1.31 bits per heavy atom.